The number of benzene rings is 1. The second-order valence-electron chi connectivity index (χ2n) is 3.76. The van der Waals surface area contributed by atoms with Gasteiger partial charge in [-0.15, -0.1) is 0 Å². The SMILES string of the molecule is COc1c(F)ccc2c1c(O)c(C)n2C(C)=O. The lowest BCUT2D eigenvalue weighted by molar-refractivity contribution is 0.0939. The van der Waals surface area contributed by atoms with Crippen molar-refractivity contribution in [1.29, 1.82) is 0 Å². The number of halogens is 1. The highest BCUT2D eigenvalue weighted by molar-refractivity contribution is 6.00. The van der Waals surface area contributed by atoms with Gasteiger partial charge in [0.2, 0.25) is 5.91 Å². The Balaban J connectivity index is 2.99. The van der Waals surface area contributed by atoms with Crippen molar-refractivity contribution in [2.24, 2.45) is 0 Å². The fraction of sp³-hybridized carbons (Fsp3) is 0.250. The van der Waals surface area contributed by atoms with E-state index >= 15 is 0 Å². The van der Waals surface area contributed by atoms with Crippen LogP contribution in [0.1, 0.15) is 17.4 Å². The van der Waals surface area contributed by atoms with Crippen molar-refractivity contribution in [3.05, 3.63) is 23.6 Å². The van der Waals surface area contributed by atoms with E-state index in [1.54, 1.807) is 6.92 Å². The molecule has 2 aromatic rings. The van der Waals surface area contributed by atoms with E-state index in [0.717, 1.165) is 0 Å². The van der Waals surface area contributed by atoms with E-state index in [9.17, 15) is 14.3 Å². The standard InChI is InChI=1S/C12H12FNO3/c1-6-11(16)10-9(14(6)7(2)15)5-4-8(13)12(10)17-3/h4-5,16H,1-3H3. The van der Waals surface area contributed by atoms with Gasteiger partial charge in [-0.1, -0.05) is 0 Å². The van der Waals surface area contributed by atoms with E-state index in [-0.39, 0.29) is 22.8 Å². The molecule has 0 saturated carbocycles. The van der Waals surface area contributed by atoms with Crippen molar-refractivity contribution >= 4 is 16.8 Å². The van der Waals surface area contributed by atoms with Crippen LogP contribution in [0.4, 0.5) is 4.39 Å². The smallest absolute Gasteiger partial charge is 0.228 e. The fourth-order valence-corrected chi connectivity index (χ4v) is 2.03. The largest absolute Gasteiger partial charge is 0.505 e. The van der Waals surface area contributed by atoms with Gasteiger partial charge in [-0.05, 0) is 19.1 Å². The Labute approximate surface area is 97.2 Å². The summed E-state index contributed by atoms with van der Waals surface area (Å²) in [7, 11) is 1.32. The van der Waals surface area contributed by atoms with Crippen molar-refractivity contribution < 1.29 is 19.0 Å². The van der Waals surface area contributed by atoms with Gasteiger partial charge in [-0.25, -0.2) is 4.39 Å². The van der Waals surface area contributed by atoms with Crippen LogP contribution in [0.25, 0.3) is 10.9 Å². The molecule has 5 heteroatoms. The minimum absolute atomic E-state index is 0.0527. The molecular formula is C12H12FNO3. The molecule has 0 amide bonds. The molecule has 1 N–H and O–H groups in total. The summed E-state index contributed by atoms with van der Waals surface area (Å²) in [5.74, 6) is -1.01. The van der Waals surface area contributed by atoms with Crippen molar-refractivity contribution in [2.45, 2.75) is 13.8 Å². The van der Waals surface area contributed by atoms with Gasteiger partial charge in [-0.2, -0.15) is 0 Å². The first-order chi connectivity index (χ1) is 7.99. The van der Waals surface area contributed by atoms with Gasteiger partial charge >= 0.3 is 0 Å². The Morgan fingerprint density at radius 3 is 2.65 bits per heavy atom. The Bertz CT molecular complexity index is 616. The van der Waals surface area contributed by atoms with Crippen LogP contribution in [0.5, 0.6) is 11.5 Å². The lowest BCUT2D eigenvalue weighted by atomic mass is 10.2. The molecular weight excluding hydrogens is 225 g/mol. The molecule has 0 saturated heterocycles. The number of carbonyl (C=O) groups excluding carboxylic acids is 1. The van der Waals surface area contributed by atoms with Crippen LogP contribution in [-0.2, 0) is 0 Å². The topological polar surface area (TPSA) is 51.5 Å². The van der Waals surface area contributed by atoms with E-state index in [1.165, 1.54) is 30.7 Å². The Morgan fingerprint density at radius 1 is 1.47 bits per heavy atom. The zero-order valence-corrected chi connectivity index (χ0v) is 9.74. The maximum Gasteiger partial charge on any atom is 0.228 e. The predicted molar refractivity (Wildman–Crippen MR) is 61.2 cm³/mol. The molecule has 0 spiro atoms. The highest BCUT2D eigenvalue weighted by Gasteiger charge is 2.21. The Kier molecular flexibility index (Phi) is 2.53. The van der Waals surface area contributed by atoms with E-state index in [2.05, 4.69) is 0 Å². The number of fused-ring (bicyclic) bond motifs is 1. The molecule has 0 aliphatic heterocycles. The molecule has 4 nitrogen and oxygen atoms in total. The minimum atomic E-state index is -0.573. The van der Waals surface area contributed by atoms with Crippen LogP contribution in [0.2, 0.25) is 0 Å². The first kappa shape index (κ1) is 11.4. The molecule has 0 fully saturated rings. The third-order valence-electron chi connectivity index (χ3n) is 2.76. The van der Waals surface area contributed by atoms with Gasteiger partial charge in [0.05, 0.1) is 23.7 Å². The van der Waals surface area contributed by atoms with E-state index in [0.29, 0.717) is 11.2 Å². The number of aromatic hydroxyl groups is 1. The molecule has 1 heterocycles. The second-order valence-corrected chi connectivity index (χ2v) is 3.76. The minimum Gasteiger partial charge on any atom is -0.505 e. The highest BCUT2D eigenvalue weighted by Crippen LogP contribution is 2.39. The van der Waals surface area contributed by atoms with Crippen LogP contribution in [0, 0.1) is 12.7 Å². The number of rotatable bonds is 1. The quantitative estimate of drug-likeness (QED) is 0.828. The Morgan fingerprint density at radius 2 is 2.12 bits per heavy atom. The van der Waals surface area contributed by atoms with Gasteiger partial charge in [-0.3, -0.25) is 9.36 Å². The number of carbonyl (C=O) groups is 1. The van der Waals surface area contributed by atoms with E-state index < -0.39 is 5.82 Å². The summed E-state index contributed by atoms with van der Waals surface area (Å²) in [5.41, 5.74) is 0.808. The fourth-order valence-electron chi connectivity index (χ4n) is 2.03. The first-order valence-corrected chi connectivity index (χ1v) is 5.06. The summed E-state index contributed by atoms with van der Waals surface area (Å²) in [4.78, 5) is 11.5. The monoisotopic (exact) mass is 237 g/mol. The zero-order valence-electron chi connectivity index (χ0n) is 9.74. The molecule has 0 aliphatic carbocycles. The molecule has 0 radical (unpaired) electrons. The van der Waals surface area contributed by atoms with Crippen molar-refractivity contribution in [1.82, 2.24) is 4.57 Å². The zero-order chi connectivity index (χ0) is 12.7. The Hall–Kier alpha value is -2.04. The van der Waals surface area contributed by atoms with E-state index in [4.69, 9.17) is 4.74 Å². The normalized spacial score (nSPS) is 10.8. The van der Waals surface area contributed by atoms with E-state index in [1.807, 2.05) is 0 Å². The molecule has 0 aliphatic rings. The maximum absolute atomic E-state index is 13.5. The average Bonchev–Trinajstić information content (AvgIpc) is 2.53. The number of ether oxygens (including phenoxy) is 1. The van der Waals surface area contributed by atoms with Crippen molar-refractivity contribution in [2.75, 3.05) is 7.11 Å². The number of hydrogen-bond acceptors (Lipinski definition) is 3. The number of hydrogen-bond donors (Lipinski definition) is 1. The van der Waals surface area contributed by atoms with Crippen LogP contribution in [0.3, 0.4) is 0 Å². The van der Waals surface area contributed by atoms with Crippen LogP contribution in [-0.4, -0.2) is 22.7 Å². The van der Waals surface area contributed by atoms with Crippen molar-refractivity contribution in [3.63, 3.8) is 0 Å². The molecule has 90 valence electrons. The summed E-state index contributed by atoms with van der Waals surface area (Å²) in [6.07, 6.45) is 0. The summed E-state index contributed by atoms with van der Waals surface area (Å²) >= 11 is 0. The van der Waals surface area contributed by atoms with Gasteiger partial charge in [0.25, 0.3) is 0 Å². The summed E-state index contributed by atoms with van der Waals surface area (Å²) < 4.78 is 19.8. The van der Waals surface area contributed by atoms with Crippen LogP contribution < -0.4 is 4.74 Å². The lowest BCUT2D eigenvalue weighted by Crippen LogP contribution is -2.06. The highest BCUT2D eigenvalue weighted by atomic mass is 19.1. The average molecular weight is 237 g/mol. The molecule has 0 unspecified atom stereocenters. The number of aromatic nitrogens is 1. The van der Waals surface area contributed by atoms with Crippen molar-refractivity contribution in [3.8, 4) is 11.5 Å². The van der Waals surface area contributed by atoms with Gasteiger partial charge in [0, 0.05) is 6.92 Å². The molecule has 1 aromatic heterocycles. The summed E-state index contributed by atoms with van der Waals surface area (Å²) in [6, 6.07) is 2.65. The third kappa shape index (κ3) is 1.46. The predicted octanol–water partition coefficient (Wildman–Crippen LogP) is 2.46. The summed E-state index contributed by atoms with van der Waals surface area (Å²) in [5, 5.41) is 10.2. The van der Waals surface area contributed by atoms with Crippen LogP contribution in [0.15, 0.2) is 12.1 Å². The molecule has 17 heavy (non-hydrogen) atoms. The van der Waals surface area contributed by atoms with Gasteiger partial charge in [0.15, 0.2) is 11.6 Å². The maximum atomic E-state index is 13.5. The van der Waals surface area contributed by atoms with Gasteiger partial charge < -0.3 is 9.84 Å². The molecule has 1 aromatic carbocycles. The van der Waals surface area contributed by atoms with Gasteiger partial charge in [0.1, 0.15) is 5.75 Å². The second kappa shape index (κ2) is 3.76. The molecule has 0 atom stereocenters. The molecule has 0 bridgehead atoms. The third-order valence-corrected chi connectivity index (χ3v) is 2.76. The number of methoxy groups -OCH3 is 1. The van der Waals surface area contributed by atoms with Crippen LogP contribution >= 0.6 is 0 Å². The lowest BCUT2D eigenvalue weighted by Gasteiger charge is -2.04. The molecule has 2 rings (SSSR count). The number of nitrogens with zero attached hydrogens (tertiary/aromatic N) is 1. The first-order valence-electron chi connectivity index (χ1n) is 5.06. The summed E-state index contributed by atoms with van der Waals surface area (Å²) in [6.45, 7) is 2.97.